The normalized spacial score (nSPS) is 18.9. The van der Waals surface area contributed by atoms with Crippen LogP contribution in [-0.4, -0.2) is 22.1 Å². The monoisotopic (exact) mass is 179 g/mol. The highest BCUT2D eigenvalue weighted by Crippen LogP contribution is 2.37. The number of imidazole rings is 1. The standard InChI is InChI=1S/C10H17N3/c1-3-13-7-6-12-9(13)8-10(11-2)4-5-10/h6-7,11H,3-5,8H2,1-2H3. The molecule has 0 unspecified atom stereocenters. The van der Waals surface area contributed by atoms with Crippen LogP contribution < -0.4 is 5.32 Å². The van der Waals surface area contributed by atoms with Gasteiger partial charge >= 0.3 is 0 Å². The molecular weight excluding hydrogens is 162 g/mol. The average molecular weight is 179 g/mol. The van der Waals surface area contributed by atoms with Crippen LogP contribution >= 0.6 is 0 Å². The quantitative estimate of drug-likeness (QED) is 0.752. The van der Waals surface area contributed by atoms with Gasteiger partial charge in [-0.2, -0.15) is 0 Å². The van der Waals surface area contributed by atoms with Gasteiger partial charge in [-0.15, -0.1) is 0 Å². The summed E-state index contributed by atoms with van der Waals surface area (Å²) in [6.07, 6.45) is 7.61. The minimum absolute atomic E-state index is 0.373. The molecule has 0 atom stereocenters. The van der Waals surface area contributed by atoms with E-state index in [0.29, 0.717) is 5.54 Å². The third-order valence-electron chi connectivity index (χ3n) is 3.02. The van der Waals surface area contributed by atoms with E-state index in [2.05, 4.69) is 28.0 Å². The maximum absolute atomic E-state index is 4.38. The Labute approximate surface area is 79.2 Å². The molecule has 0 bridgehead atoms. The summed E-state index contributed by atoms with van der Waals surface area (Å²) in [5.41, 5.74) is 0.373. The van der Waals surface area contributed by atoms with Gasteiger partial charge in [0, 0.05) is 30.9 Å². The molecule has 0 aliphatic heterocycles. The molecule has 3 nitrogen and oxygen atoms in total. The van der Waals surface area contributed by atoms with Crippen LogP contribution in [0.25, 0.3) is 0 Å². The van der Waals surface area contributed by atoms with Crippen molar-refractivity contribution in [3.63, 3.8) is 0 Å². The molecule has 0 amide bonds. The van der Waals surface area contributed by atoms with Gasteiger partial charge in [-0.25, -0.2) is 4.98 Å². The first kappa shape index (κ1) is 8.75. The van der Waals surface area contributed by atoms with E-state index in [1.807, 2.05) is 13.2 Å². The van der Waals surface area contributed by atoms with Gasteiger partial charge in [-0.1, -0.05) is 0 Å². The fraction of sp³-hybridized carbons (Fsp3) is 0.700. The fourth-order valence-corrected chi connectivity index (χ4v) is 1.76. The molecule has 1 aromatic heterocycles. The molecule has 0 radical (unpaired) electrons. The molecule has 1 saturated carbocycles. The van der Waals surface area contributed by atoms with Gasteiger partial charge in [-0.05, 0) is 26.8 Å². The minimum atomic E-state index is 0.373. The molecule has 1 N–H and O–H groups in total. The summed E-state index contributed by atoms with van der Waals surface area (Å²) in [4.78, 5) is 4.38. The fourth-order valence-electron chi connectivity index (χ4n) is 1.76. The molecule has 72 valence electrons. The van der Waals surface area contributed by atoms with Gasteiger partial charge in [0.2, 0.25) is 0 Å². The predicted molar refractivity (Wildman–Crippen MR) is 52.6 cm³/mol. The first-order valence-electron chi connectivity index (χ1n) is 4.98. The van der Waals surface area contributed by atoms with Crippen LogP contribution in [-0.2, 0) is 13.0 Å². The zero-order valence-electron chi connectivity index (χ0n) is 8.38. The van der Waals surface area contributed by atoms with Crippen LogP contribution in [0.4, 0.5) is 0 Å². The Kier molecular flexibility index (Phi) is 2.12. The van der Waals surface area contributed by atoms with Crippen molar-refractivity contribution in [3.05, 3.63) is 18.2 Å². The molecule has 0 spiro atoms. The van der Waals surface area contributed by atoms with Crippen LogP contribution in [0.1, 0.15) is 25.6 Å². The molecule has 0 aromatic carbocycles. The lowest BCUT2D eigenvalue weighted by Gasteiger charge is -2.13. The van der Waals surface area contributed by atoms with E-state index in [9.17, 15) is 0 Å². The molecule has 2 rings (SSSR count). The van der Waals surface area contributed by atoms with Gasteiger partial charge in [-0.3, -0.25) is 0 Å². The summed E-state index contributed by atoms with van der Waals surface area (Å²) < 4.78 is 2.22. The molecule has 1 aliphatic carbocycles. The molecule has 13 heavy (non-hydrogen) atoms. The Hall–Kier alpha value is -0.830. The van der Waals surface area contributed by atoms with Crippen molar-refractivity contribution in [1.82, 2.24) is 14.9 Å². The van der Waals surface area contributed by atoms with E-state index in [-0.39, 0.29) is 0 Å². The summed E-state index contributed by atoms with van der Waals surface area (Å²) in [6, 6.07) is 0. The van der Waals surface area contributed by atoms with E-state index in [1.54, 1.807) is 0 Å². The summed E-state index contributed by atoms with van der Waals surface area (Å²) in [7, 11) is 2.05. The Bertz CT molecular complexity index is 286. The largest absolute Gasteiger partial charge is 0.335 e. The van der Waals surface area contributed by atoms with E-state index in [1.165, 1.54) is 18.7 Å². The Morgan fingerprint density at radius 2 is 2.38 bits per heavy atom. The number of aromatic nitrogens is 2. The molecule has 3 heteroatoms. The van der Waals surface area contributed by atoms with Gasteiger partial charge in [0.1, 0.15) is 5.82 Å². The van der Waals surface area contributed by atoms with Gasteiger partial charge in [0.15, 0.2) is 0 Å². The number of aryl methyl sites for hydroxylation is 1. The SMILES string of the molecule is CCn1ccnc1CC1(NC)CC1. The molecule has 1 fully saturated rings. The second-order valence-electron chi connectivity index (χ2n) is 3.84. The summed E-state index contributed by atoms with van der Waals surface area (Å²) in [5.74, 6) is 1.22. The predicted octanol–water partition coefficient (Wildman–Crippen LogP) is 1.20. The third-order valence-corrected chi connectivity index (χ3v) is 3.02. The van der Waals surface area contributed by atoms with Crippen molar-refractivity contribution < 1.29 is 0 Å². The first-order valence-corrected chi connectivity index (χ1v) is 4.98. The maximum atomic E-state index is 4.38. The number of nitrogens with one attached hydrogen (secondary N) is 1. The highest BCUT2D eigenvalue weighted by atomic mass is 15.1. The number of likely N-dealkylation sites (N-methyl/N-ethyl adjacent to an activating group) is 1. The van der Waals surface area contributed by atoms with Crippen molar-refractivity contribution in [2.75, 3.05) is 7.05 Å². The van der Waals surface area contributed by atoms with Crippen molar-refractivity contribution >= 4 is 0 Å². The molecule has 1 heterocycles. The van der Waals surface area contributed by atoms with Crippen LogP contribution in [0.15, 0.2) is 12.4 Å². The smallest absolute Gasteiger partial charge is 0.110 e. The van der Waals surface area contributed by atoms with E-state index < -0.39 is 0 Å². The summed E-state index contributed by atoms with van der Waals surface area (Å²) in [6.45, 7) is 3.18. The van der Waals surface area contributed by atoms with Crippen LogP contribution in [0.3, 0.4) is 0 Å². The number of rotatable bonds is 4. The van der Waals surface area contributed by atoms with E-state index in [0.717, 1.165) is 13.0 Å². The highest BCUT2D eigenvalue weighted by Gasteiger charge is 2.41. The Morgan fingerprint density at radius 3 is 2.92 bits per heavy atom. The number of hydrogen-bond donors (Lipinski definition) is 1. The topological polar surface area (TPSA) is 29.9 Å². The van der Waals surface area contributed by atoms with Crippen molar-refractivity contribution in [2.24, 2.45) is 0 Å². The van der Waals surface area contributed by atoms with E-state index in [4.69, 9.17) is 0 Å². The zero-order valence-corrected chi connectivity index (χ0v) is 8.38. The Balaban J connectivity index is 2.09. The van der Waals surface area contributed by atoms with Crippen molar-refractivity contribution in [1.29, 1.82) is 0 Å². The molecular formula is C10H17N3. The van der Waals surface area contributed by atoms with Gasteiger partial charge < -0.3 is 9.88 Å². The molecule has 1 aliphatic rings. The van der Waals surface area contributed by atoms with E-state index >= 15 is 0 Å². The number of hydrogen-bond acceptors (Lipinski definition) is 2. The summed E-state index contributed by atoms with van der Waals surface area (Å²) >= 11 is 0. The van der Waals surface area contributed by atoms with Crippen LogP contribution in [0.5, 0.6) is 0 Å². The Morgan fingerprint density at radius 1 is 1.62 bits per heavy atom. The molecule has 1 aromatic rings. The zero-order chi connectivity index (χ0) is 9.31. The number of nitrogens with zero attached hydrogens (tertiary/aromatic N) is 2. The lowest BCUT2D eigenvalue weighted by molar-refractivity contribution is 0.517. The van der Waals surface area contributed by atoms with Crippen molar-refractivity contribution in [3.8, 4) is 0 Å². The highest BCUT2D eigenvalue weighted by molar-refractivity contribution is 5.09. The van der Waals surface area contributed by atoms with Gasteiger partial charge in [0.25, 0.3) is 0 Å². The maximum Gasteiger partial charge on any atom is 0.110 e. The van der Waals surface area contributed by atoms with Gasteiger partial charge in [0.05, 0.1) is 0 Å². The molecule has 0 saturated heterocycles. The van der Waals surface area contributed by atoms with Crippen molar-refractivity contribution in [2.45, 2.75) is 38.3 Å². The second-order valence-corrected chi connectivity index (χ2v) is 3.84. The lowest BCUT2D eigenvalue weighted by atomic mass is 10.2. The van der Waals surface area contributed by atoms with Crippen LogP contribution in [0, 0.1) is 0 Å². The third kappa shape index (κ3) is 1.61. The minimum Gasteiger partial charge on any atom is -0.335 e. The summed E-state index contributed by atoms with van der Waals surface area (Å²) in [5, 5.41) is 3.39. The second kappa shape index (κ2) is 3.14. The van der Waals surface area contributed by atoms with Crippen LogP contribution in [0.2, 0.25) is 0 Å². The lowest BCUT2D eigenvalue weighted by Crippen LogP contribution is -2.30. The first-order chi connectivity index (χ1) is 6.29. The average Bonchev–Trinajstić information content (AvgIpc) is 2.78.